The highest BCUT2D eigenvalue weighted by Crippen LogP contribution is 2.38. The van der Waals surface area contributed by atoms with Crippen molar-refractivity contribution in [2.24, 2.45) is 0 Å². The first-order valence-corrected chi connectivity index (χ1v) is 11.2. The lowest BCUT2D eigenvalue weighted by Crippen LogP contribution is -2.55. The van der Waals surface area contributed by atoms with E-state index in [1.165, 1.54) is 23.2 Å². The smallest absolute Gasteiger partial charge is 0.378 e. The van der Waals surface area contributed by atoms with Gasteiger partial charge in [0, 0.05) is 25.7 Å². The van der Waals surface area contributed by atoms with Crippen molar-refractivity contribution in [2.45, 2.75) is 18.1 Å². The number of nitrogens with one attached hydrogen (secondary N) is 1. The van der Waals surface area contributed by atoms with Crippen LogP contribution in [0, 0.1) is 5.82 Å². The molecule has 1 aliphatic rings. The molecule has 35 heavy (non-hydrogen) atoms. The van der Waals surface area contributed by atoms with E-state index in [1.54, 1.807) is 30.3 Å². The number of hydrogen-bond acceptors (Lipinski definition) is 3. The highest BCUT2D eigenvalue weighted by molar-refractivity contribution is 6.30. The molecule has 10 heteroatoms. The molecule has 2 amide bonds. The molecular weight excluding hydrogens is 486 g/mol. The maximum atomic E-state index is 14.6. The second kappa shape index (κ2) is 10.2. The van der Waals surface area contributed by atoms with Gasteiger partial charge >= 0.3 is 12.2 Å². The number of morpholine rings is 1. The van der Waals surface area contributed by atoms with Crippen molar-refractivity contribution in [3.05, 3.63) is 100 Å². The largest absolute Gasteiger partial charge is 0.416 e. The number of carbonyl (C=O) groups is 1. The van der Waals surface area contributed by atoms with E-state index in [-0.39, 0.29) is 17.7 Å². The molecule has 1 aromatic heterocycles. The number of pyridine rings is 1. The first kappa shape index (κ1) is 24.9. The fourth-order valence-corrected chi connectivity index (χ4v) is 4.19. The van der Waals surface area contributed by atoms with Crippen LogP contribution in [0.1, 0.15) is 22.4 Å². The van der Waals surface area contributed by atoms with Crippen molar-refractivity contribution in [3.63, 3.8) is 0 Å². The lowest BCUT2D eigenvalue weighted by molar-refractivity contribution is -0.137. The summed E-state index contributed by atoms with van der Waals surface area (Å²) >= 11 is 6.03. The molecule has 0 unspecified atom stereocenters. The lowest BCUT2D eigenvalue weighted by Gasteiger charge is -2.38. The van der Waals surface area contributed by atoms with Crippen LogP contribution in [0.5, 0.6) is 0 Å². The van der Waals surface area contributed by atoms with E-state index < -0.39 is 29.1 Å². The first-order valence-electron chi connectivity index (χ1n) is 10.9. The van der Waals surface area contributed by atoms with Gasteiger partial charge in [-0.2, -0.15) is 13.2 Å². The van der Waals surface area contributed by atoms with Gasteiger partial charge in [0.15, 0.2) is 0 Å². The summed E-state index contributed by atoms with van der Waals surface area (Å²) in [4.78, 5) is 19.2. The van der Waals surface area contributed by atoms with Gasteiger partial charge in [-0.1, -0.05) is 41.9 Å². The third-order valence-corrected chi connectivity index (χ3v) is 6.04. The number of urea groups is 1. The van der Waals surface area contributed by atoms with Crippen molar-refractivity contribution >= 4 is 17.6 Å². The molecule has 0 spiro atoms. The zero-order valence-electron chi connectivity index (χ0n) is 18.5. The molecule has 184 valence electrons. The Hall–Kier alpha value is -3.17. The van der Waals surface area contributed by atoms with Gasteiger partial charge in [-0.15, -0.1) is 0 Å². The SMILES string of the molecule is O=C(N[C@](Cc1ccccc1)(c1cc(F)cc(C(F)(F)F)c1)c1ccc(Cl)cn1)N1CCOCC1. The standard InChI is InChI=1S/C25H22ClF4N3O2/c26-20-6-7-22(31-16-20)24(15-17-4-2-1-3-5-17,32-23(34)33-8-10-35-11-9-33)18-12-19(25(28,29)30)14-21(27)13-18/h1-7,12-14,16H,8-11,15H2,(H,32,34)/t24-/m1/s1. The van der Waals surface area contributed by atoms with Crippen LogP contribution in [0.2, 0.25) is 5.02 Å². The van der Waals surface area contributed by atoms with Crippen LogP contribution in [0.3, 0.4) is 0 Å². The zero-order valence-corrected chi connectivity index (χ0v) is 19.2. The van der Waals surface area contributed by atoms with Crippen LogP contribution in [-0.4, -0.2) is 42.2 Å². The minimum Gasteiger partial charge on any atom is -0.378 e. The fourth-order valence-electron chi connectivity index (χ4n) is 4.08. The van der Waals surface area contributed by atoms with Gasteiger partial charge in [-0.3, -0.25) is 4.98 Å². The molecule has 1 saturated heterocycles. The van der Waals surface area contributed by atoms with Crippen LogP contribution in [-0.2, 0) is 22.9 Å². The van der Waals surface area contributed by atoms with Gasteiger partial charge in [0.2, 0.25) is 0 Å². The summed E-state index contributed by atoms with van der Waals surface area (Å²) < 4.78 is 60.9. The molecular formula is C25H22ClF4N3O2. The Labute approximate surface area is 204 Å². The summed E-state index contributed by atoms with van der Waals surface area (Å²) in [6.07, 6.45) is -3.45. The number of nitrogens with zero attached hydrogens (tertiary/aromatic N) is 2. The van der Waals surface area contributed by atoms with E-state index in [4.69, 9.17) is 16.3 Å². The van der Waals surface area contributed by atoms with Crippen LogP contribution in [0.25, 0.3) is 0 Å². The molecule has 2 heterocycles. The van der Waals surface area contributed by atoms with Gasteiger partial charge in [0.1, 0.15) is 11.4 Å². The molecule has 4 rings (SSSR count). The summed E-state index contributed by atoms with van der Waals surface area (Å²) in [6, 6.07) is 13.7. The summed E-state index contributed by atoms with van der Waals surface area (Å²) in [5.74, 6) is -1.08. The van der Waals surface area contributed by atoms with E-state index in [9.17, 15) is 22.4 Å². The second-order valence-corrected chi connectivity index (χ2v) is 8.62. The number of halogens is 5. The molecule has 2 aromatic carbocycles. The average molecular weight is 508 g/mol. The molecule has 5 nitrogen and oxygen atoms in total. The molecule has 0 saturated carbocycles. The Morgan fingerprint density at radius 1 is 1.03 bits per heavy atom. The Bertz CT molecular complexity index is 1170. The topological polar surface area (TPSA) is 54.5 Å². The van der Waals surface area contributed by atoms with Crippen LogP contribution in [0.4, 0.5) is 22.4 Å². The summed E-state index contributed by atoms with van der Waals surface area (Å²) in [6.45, 7) is 1.27. The maximum absolute atomic E-state index is 14.6. The van der Waals surface area contributed by atoms with Crippen molar-refractivity contribution in [1.29, 1.82) is 0 Å². The number of aromatic nitrogens is 1. The Morgan fingerprint density at radius 3 is 2.34 bits per heavy atom. The molecule has 1 aliphatic heterocycles. The summed E-state index contributed by atoms with van der Waals surface area (Å²) in [5, 5.41) is 3.20. The predicted octanol–water partition coefficient (Wildman–Crippen LogP) is 5.42. The second-order valence-electron chi connectivity index (χ2n) is 8.19. The maximum Gasteiger partial charge on any atom is 0.416 e. The van der Waals surface area contributed by atoms with Crippen LogP contribution >= 0.6 is 11.6 Å². The Kier molecular flexibility index (Phi) is 7.28. The fraction of sp³-hybridized carbons (Fsp3) is 0.280. The minimum absolute atomic E-state index is 0.0132. The van der Waals surface area contributed by atoms with Crippen molar-refractivity contribution in [3.8, 4) is 0 Å². The molecule has 0 aliphatic carbocycles. The normalized spacial score (nSPS) is 16.0. The number of benzene rings is 2. The monoisotopic (exact) mass is 507 g/mol. The summed E-state index contributed by atoms with van der Waals surface area (Å²) in [5.41, 5.74) is -1.98. The van der Waals surface area contributed by atoms with E-state index >= 15 is 0 Å². The van der Waals surface area contributed by atoms with Crippen molar-refractivity contribution in [2.75, 3.05) is 26.3 Å². The lowest BCUT2D eigenvalue weighted by atomic mass is 9.79. The highest BCUT2D eigenvalue weighted by atomic mass is 35.5. The molecule has 1 N–H and O–H groups in total. The van der Waals surface area contributed by atoms with E-state index in [2.05, 4.69) is 10.3 Å². The van der Waals surface area contributed by atoms with E-state index in [0.29, 0.717) is 43.0 Å². The Balaban J connectivity index is 1.92. The van der Waals surface area contributed by atoms with Crippen LogP contribution in [0.15, 0.2) is 66.9 Å². The summed E-state index contributed by atoms with van der Waals surface area (Å²) in [7, 11) is 0. The third-order valence-electron chi connectivity index (χ3n) is 5.81. The number of rotatable bonds is 5. The number of hydrogen-bond donors (Lipinski definition) is 1. The number of ether oxygens (including phenoxy) is 1. The Morgan fingerprint density at radius 2 is 1.71 bits per heavy atom. The molecule has 3 aromatic rings. The third kappa shape index (κ3) is 5.74. The molecule has 1 atom stereocenters. The number of alkyl halides is 3. The van der Waals surface area contributed by atoms with Gasteiger partial charge in [0.25, 0.3) is 0 Å². The van der Waals surface area contributed by atoms with E-state index in [0.717, 1.165) is 12.1 Å². The van der Waals surface area contributed by atoms with Gasteiger partial charge in [-0.05, 0) is 41.5 Å². The number of carbonyl (C=O) groups excluding carboxylic acids is 1. The predicted molar refractivity (Wildman–Crippen MR) is 122 cm³/mol. The minimum atomic E-state index is -4.79. The van der Waals surface area contributed by atoms with Crippen molar-refractivity contribution < 1.29 is 27.1 Å². The zero-order chi connectivity index (χ0) is 25.1. The molecule has 0 radical (unpaired) electrons. The average Bonchev–Trinajstić information content (AvgIpc) is 2.84. The molecule has 1 fully saturated rings. The van der Waals surface area contributed by atoms with Gasteiger partial charge in [0.05, 0.1) is 29.5 Å². The highest BCUT2D eigenvalue weighted by Gasteiger charge is 2.41. The van der Waals surface area contributed by atoms with Crippen molar-refractivity contribution in [1.82, 2.24) is 15.2 Å². The molecule has 0 bridgehead atoms. The van der Waals surface area contributed by atoms with Gasteiger partial charge in [-0.25, -0.2) is 9.18 Å². The van der Waals surface area contributed by atoms with Crippen LogP contribution < -0.4 is 5.32 Å². The van der Waals surface area contributed by atoms with E-state index in [1.807, 2.05) is 0 Å². The first-order chi connectivity index (χ1) is 16.7. The quantitative estimate of drug-likeness (QED) is 0.469. The van der Waals surface area contributed by atoms with Gasteiger partial charge < -0.3 is 15.0 Å². The number of amides is 2.